The van der Waals surface area contributed by atoms with Gasteiger partial charge in [-0.1, -0.05) is 0 Å². The van der Waals surface area contributed by atoms with Crippen LogP contribution in [0, 0.1) is 30.3 Å². The van der Waals surface area contributed by atoms with Crippen LogP contribution in [0.2, 0.25) is 0 Å². The molecule has 2 N–H and O–H groups in total. The topological polar surface area (TPSA) is 183 Å². The number of aromatic nitrogens is 1. The molecule has 0 aliphatic rings. The summed E-state index contributed by atoms with van der Waals surface area (Å²) in [4.78, 5) is 40.8. The number of rotatable bonds is 3. The molecular weight excluding hydrogens is 316 g/mol. The van der Waals surface area contributed by atoms with Crippen molar-refractivity contribution in [2.24, 2.45) is 0 Å². The van der Waals surface area contributed by atoms with Gasteiger partial charge in [0.15, 0.2) is 5.43 Å². The molecule has 0 aliphatic heterocycles. The summed E-state index contributed by atoms with van der Waals surface area (Å²) in [5, 5.41) is 40.2. The van der Waals surface area contributed by atoms with E-state index in [2.05, 4.69) is 4.98 Å². The van der Waals surface area contributed by atoms with Crippen LogP contribution >= 0.6 is 0 Å². The average Bonchev–Trinajstić information content (AvgIpc) is 2.48. The van der Waals surface area contributed by atoms with E-state index >= 15 is 0 Å². The first-order chi connectivity index (χ1) is 10.7. The van der Waals surface area contributed by atoms with E-state index in [9.17, 15) is 35.1 Å². The van der Waals surface area contributed by atoms with Crippen molar-refractivity contribution in [1.29, 1.82) is 0 Å². The van der Waals surface area contributed by atoms with Gasteiger partial charge in [-0.2, -0.15) is 0 Å². The number of non-ortho nitro benzene ring substituents is 1. The maximum absolute atomic E-state index is 10.4. The Hall–Kier alpha value is -3.83. The molecule has 0 bridgehead atoms. The molecule has 120 valence electrons. The molecule has 0 saturated heterocycles. The lowest BCUT2D eigenvalue weighted by molar-refractivity contribution is -0.404. The predicted octanol–water partition coefficient (Wildman–Crippen LogP) is 1.49. The number of nitrogens with one attached hydrogen (secondary N) is 1. The fraction of sp³-hybridized carbons (Fsp3) is 0. The SMILES string of the molecule is O=[N+]([O-])c1cc([N+](=O)[O-])c(O)c([N+](=O)[O-])c1.O=c1cc[nH]cc1. The number of hydrogen-bond donors (Lipinski definition) is 2. The molecule has 0 atom stereocenters. The maximum Gasteiger partial charge on any atom is 0.324 e. The Balaban J connectivity index is 0.000000313. The number of phenolic OH excluding ortho intramolecular Hbond substituents is 1. The number of hydrogen-bond acceptors (Lipinski definition) is 8. The molecule has 1 aromatic carbocycles. The third kappa shape index (κ3) is 4.59. The van der Waals surface area contributed by atoms with Crippen molar-refractivity contribution in [3.05, 3.63) is 77.2 Å². The summed E-state index contributed by atoms with van der Waals surface area (Å²) >= 11 is 0. The minimum absolute atomic E-state index is 0.0405. The monoisotopic (exact) mass is 324 g/mol. The molecule has 12 nitrogen and oxygen atoms in total. The summed E-state index contributed by atoms with van der Waals surface area (Å²) in [7, 11) is 0. The fourth-order valence-electron chi connectivity index (χ4n) is 1.35. The van der Waals surface area contributed by atoms with Crippen molar-refractivity contribution in [3.8, 4) is 5.75 Å². The zero-order valence-corrected chi connectivity index (χ0v) is 11.1. The number of benzene rings is 1. The van der Waals surface area contributed by atoms with E-state index in [1.807, 2.05) is 0 Å². The lowest BCUT2D eigenvalue weighted by atomic mass is 10.2. The Morgan fingerprint density at radius 1 is 0.870 bits per heavy atom. The third-order valence-corrected chi connectivity index (χ3v) is 2.35. The Labute approximate surface area is 126 Å². The number of nitro benzene ring substituents is 3. The smallest absolute Gasteiger partial charge is 0.324 e. The number of aromatic amines is 1. The molecule has 1 heterocycles. The number of aromatic hydroxyl groups is 1. The van der Waals surface area contributed by atoms with Gasteiger partial charge in [-0.25, -0.2) is 0 Å². The summed E-state index contributed by atoms with van der Waals surface area (Å²) in [6.45, 7) is 0. The first-order valence-electron chi connectivity index (χ1n) is 5.67. The molecular formula is C11H8N4O8. The van der Waals surface area contributed by atoms with Crippen LogP contribution in [0.15, 0.2) is 41.5 Å². The van der Waals surface area contributed by atoms with Crippen molar-refractivity contribution in [2.75, 3.05) is 0 Å². The molecule has 0 unspecified atom stereocenters. The molecule has 2 aromatic rings. The molecule has 0 spiro atoms. The first-order valence-corrected chi connectivity index (χ1v) is 5.67. The molecule has 0 saturated carbocycles. The van der Waals surface area contributed by atoms with E-state index in [-0.39, 0.29) is 5.43 Å². The predicted molar refractivity (Wildman–Crippen MR) is 75.1 cm³/mol. The van der Waals surface area contributed by atoms with Crippen molar-refractivity contribution in [2.45, 2.75) is 0 Å². The lowest BCUT2D eigenvalue weighted by Gasteiger charge is -1.97. The van der Waals surface area contributed by atoms with E-state index in [4.69, 9.17) is 5.11 Å². The van der Waals surface area contributed by atoms with Gasteiger partial charge in [-0.05, 0) is 0 Å². The zero-order valence-electron chi connectivity index (χ0n) is 11.1. The van der Waals surface area contributed by atoms with Gasteiger partial charge in [0.25, 0.3) is 11.4 Å². The van der Waals surface area contributed by atoms with E-state index < -0.39 is 37.6 Å². The lowest BCUT2D eigenvalue weighted by Crippen LogP contribution is -1.97. The van der Waals surface area contributed by atoms with E-state index in [1.54, 1.807) is 12.4 Å². The van der Waals surface area contributed by atoms with Gasteiger partial charge in [0.1, 0.15) is 0 Å². The Kier molecular flexibility index (Phi) is 5.43. The van der Waals surface area contributed by atoms with E-state index in [0.29, 0.717) is 12.1 Å². The van der Waals surface area contributed by atoms with Gasteiger partial charge >= 0.3 is 11.4 Å². The maximum atomic E-state index is 10.4. The number of nitrogens with zero attached hydrogens (tertiary/aromatic N) is 3. The molecule has 0 aliphatic carbocycles. The Morgan fingerprint density at radius 3 is 1.57 bits per heavy atom. The molecule has 2 rings (SSSR count). The molecule has 1 aromatic heterocycles. The molecule has 23 heavy (non-hydrogen) atoms. The average molecular weight is 324 g/mol. The van der Waals surface area contributed by atoms with Crippen LogP contribution < -0.4 is 5.43 Å². The fourth-order valence-corrected chi connectivity index (χ4v) is 1.35. The zero-order chi connectivity index (χ0) is 17.6. The highest BCUT2D eigenvalue weighted by atomic mass is 16.6. The van der Waals surface area contributed by atoms with Crippen molar-refractivity contribution >= 4 is 17.1 Å². The summed E-state index contributed by atoms with van der Waals surface area (Å²) < 4.78 is 0. The summed E-state index contributed by atoms with van der Waals surface area (Å²) in [5.74, 6) is -1.21. The van der Waals surface area contributed by atoms with Crippen LogP contribution in [0.25, 0.3) is 0 Å². The summed E-state index contributed by atoms with van der Waals surface area (Å²) in [6, 6.07) is 3.84. The highest BCUT2D eigenvalue weighted by Crippen LogP contribution is 2.38. The van der Waals surface area contributed by atoms with E-state index in [1.165, 1.54) is 12.1 Å². The van der Waals surface area contributed by atoms with Gasteiger partial charge in [-0.3, -0.25) is 35.1 Å². The molecule has 12 heteroatoms. The van der Waals surface area contributed by atoms with E-state index in [0.717, 1.165) is 0 Å². The number of pyridine rings is 1. The summed E-state index contributed by atoms with van der Waals surface area (Å²) in [5.41, 5.74) is -2.96. The molecule has 0 radical (unpaired) electrons. The van der Waals surface area contributed by atoms with Crippen LogP contribution in [-0.4, -0.2) is 24.9 Å². The van der Waals surface area contributed by atoms with Crippen molar-refractivity contribution in [3.63, 3.8) is 0 Å². The standard InChI is InChI=1S/C6H3N3O7.C5H5NO/c10-6-4(8(13)14)1-3(7(11)12)2-5(6)9(15)16;7-5-1-3-6-4-2-5/h1-2,10H;1-4H,(H,6,7). The van der Waals surface area contributed by atoms with Gasteiger partial charge < -0.3 is 10.1 Å². The highest BCUT2D eigenvalue weighted by molar-refractivity contribution is 5.64. The van der Waals surface area contributed by atoms with Gasteiger partial charge in [-0.15, -0.1) is 0 Å². The van der Waals surface area contributed by atoms with Crippen LogP contribution in [0.5, 0.6) is 5.75 Å². The minimum atomic E-state index is -1.21. The second kappa shape index (κ2) is 7.26. The van der Waals surface area contributed by atoms with Crippen molar-refractivity contribution < 1.29 is 19.9 Å². The van der Waals surface area contributed by atoms with Gasteiger partial charge in [0.05, 0.1) is 26.9 Å². The van der Waals surface area contributed by atoms with Gasteiger partial charge in [0, 0.05) is 24.5 Å². The normalized spacial score (nSPS) is 9.39. The second-order valence-electron chi connectivity index (χ2n) is 3.84. The number of H-pyrrole nitrogens is 1. The van der Waals surface area contributed by atoms with Crippen molar-refractivity contribution in [1.82, 2.24) is 4.98 Å². The van der Waals surface area contributed by atoms with Crippen LogP contribution in [-0.2, 0) is 0 Å². The highest BCUT2D eigenvalue weighted by Gasteiger charge is 2.30. The minimum Gasteiger partial charge on any atom is -0.497 e. The number of phenols is 1. The largest absolute Gasteiger partial charge is 0.497 e. The Morgan fingerprint density at radius 2 is 1.30 bits per heavy atom. The number of nitro groups is 3. The van der Waals surface area contributed by atoms with Crippen LogP contribution in [0.1, 0.15) is 0 Å². The summed E-state index contributed by atoms with van der Waals surface area (Å²) in [6.07, 6.45) is 3.20. The second-order valence-corrected chi connectivity index (χ2v) is 3.84. The molecule has 0 amide bonds. The van der Waals surface area contributed by atoms with Crippen LogP contribution in [0.3, 0.4) is 0 Å². The van der Waals surface area contributed by atoms with Gasteiger partial charge in [0.2, 0.25) is 0 Å². The Bertz CT molecular complexity index is 763. The first kappa shape index (κ1) is 17.2. The van der Waals surface area contributed by atoms with Crippen LogP contribution in [0.4, 0.5) is 17.1 Å². The third-order valence-electron chi connectivity index (χ3n) is 2.35. The quantitative estimate of drug-likeness (QED) is 0.628. The molecule has 0 fully saturated rings.